The maximum atomic E-state index is 12.5. The molecule has 2 aromatic carbocycles. The van der Waals surface area contributed by atoms with Gasteiger partial charge >= 0.3 is 0 Å². The maximum absolute atomic E-state index is 12.5. The van der Waals surface area contributed by atoms with Crippen LogP contribution in [-0.2, 0) is 10.3 Å². The van der Waals surface area contributed by atoms with E-state index in [2.05, 4.69) is 5.32 Å². The maximum Gasteiger partial charge on any atom is 0.261 e. The number of nitrogens with zero attached hydrogens (tertiary/aromatic N) is 1. The Morgan fingerprint density at radius 2 is 1.67 bits per heavy atom. The molecule has 128 valence electrons. The summed E-state index contributed by atoms with van der Waals surface area (Å²) >= 11 is 0. The molecular weight excluding hydrogens is 332 g/mol. The molecule has 8 heteroatoms. The summed E-state index contributed by atoms with van der Waals surface area (Å²) in [6.07, 6.45) is 0. The second-order valence-electron chi connectivity index (χ2n) is 5.48. The largest absolute Gasteiger partial charge is 0.701 e. The molecule has 0 heterocycles. The summed E-state index contributed by atoms with van der Waals surface area (Å²) in [6.45, 7) is 0. The fourth-order valence-corrected chi connectivity index (χ4v) is 2.53. The van der Waals surface area contributed by atoms with Gasteiger partial charge in [-0.2, -0.15) is 8.42 Å². The van der Waals surface area contributed by atoms with E-state index in [1.54, 1.807) is 36.4 Å². The number of hydrogen-bond donors (Lipinski definition) is 1. The van der Waals surface area contributed by atoms with Crippen molar-refractivity contribution in [1.29, 1.82) is 0 Å². The summed E-state index contributed by atoms with van der Waals surface area (Å²) < 4.78 is 38.7. The number of quaternary nitrogens is 1. The second kappa shape index (κ2) is 6.60. The van der Waals surface area contributed by atoms with Crippen LogP contribution < -0.4 is 13.9 Å². The Bertz CT molecular complexity index is 845. The Labute approximate surface area is 141 Å². The number of amides is 1. The average Bonchev–Trinajstić information content (AvgIpc) is 2.54. The molecule has 0 unspecified atom stereocenters. The number of hydrogen-bond acceptors (Lipinski definition) is 5. The molecular formula is C16H18N2O5S. The molecule has 0 radical (unpaired) electrons. The zero-order valence-corrected chi connectivity index (χ0v) is 14.3. The number of carbonyl (C=O) groups is 1. The van der Waals surface area contributed by atoms with Gasteiger partial charge in [-0.05, 0) is 30.3 Å². The quantitative estimate of drug-likeness (QED) is 0.657. The standard InChI is InChI=1S/C16H18N2O5S/c1-18(2,24(20,21)22)15-7-5-4-6-14(15)16(19)17-12-8-10-13(23-3)11-9-12/h4-11H,1-3H3,(H-,17,19,20,21,22). The fraction of sp³-hybridized carbons (Fsp3) is 0.188. The summed E-state index contributed by atoms with van der Waals surface area (Å²) in [5, 5.41) is 2.67. The van der Waals surface area contributed by atoms with Gasteiger partial charge in [0.05, 0.1) is 21.2 Å². The van der Waals surface area contributed by atoms with Gasteiger partial charge in [-0.1, -0.05) is 12.1 Å². The average molecular weight is 350 g/mol. The van der Waals surface area contributed by atoms with Crippen LogP contribution in [0.3, 0.4) is 0 Å². The molecule has 0 bridgehead atoms. The number of nitrogens with one attached hydrogen (secondary N) is 1. The lowest BCUT2D eigenvalue weighted by Crippen LogP contribution is -2.47. The second-order valence-corrected chi connectivity index (χ2v) is 7.25. The topological polar surface area (TPSA) is 95.5 Å². The first-order chi connectivity index (χ1) is 11.2. The predicted octanol–water partition coefficient (Wildman–Crippen LogP) is 1.97. The highest BCUT2D eigenvalue weighted by atomic mass is 32.2. The molecule has 0 aliphatic carbocycles. The van der Waals surface area contributed by atoms with Gasteiger partial charge < -0.3 is 14.6 Å². The van der Waals surface area contributed by atoms with E-state index in [1.807, 2.05) is 0 Å². The first-order valence-electron chi connectivity index (χ1n) is 7.02. The Hall–Kier alpha value is -2.42. The molecule has 0 aromatic heterocycles. The van der Waals surface area contributed by atoms with Crippen LogP contribution in [0.25, 0.3) is 0 Å². The number of carbonyl (C=O) groups excluding carboxylic acids is 1. The van der Waals surface area contributed by atoms with Crippen LogP contribution in [0.5, 0.6) is 5.75 Å². The molecule has 0 spiro atoms. The van der Waals surface area contributed by atoms with Crippen molar-refractivity contribution < 1.29 is 22.5 Å². The Balaban J connectivity index is 2.37. The molecule has 2 aromatic rings. The van der Waals surface area contributed by atoms with E-state index in [4.69, 9.17) is 4.74 Å². The molecule has 0 saturated carbocycles. The number of benzene rings is 2. The van der Waals surface area contributed by atoms with Crippen LogP contribution in [0.1, 0.15) is 10.4 Å². The summed E-state index contributed by atoms with van der Waals surface area (Å²) in [6, 6.07) is 12.8. The summed E-state index contributed by atoms with van der Waals surface area (Å²) in [7, 11) is -0.719. The minimum Gasteiger partial charge on any atom is -0.701 e. The smallest absolute Gasteiger partial charge is 0.261 e. The van der Waals surface area contributed by atoms with Gasteiger partial charge in [-0.3, -0.25) is 4.79 Å². The third kappa shape index (κ3) is 3.56. The van der Waals surface area contributed by atoms with Crippen molar-refractivity contribution in [3.63, 3.8) is 0 Å². The molecule has 0 saturated heterocycles. The highest BCUT2D eigenvalue weighted by Gasteiger charge is 2.31. The van der Waals surface area contributed by atoms with E-state index < -0.39 is 20.1 Å². The van der Waals surface area contributed by atoms with Crippen molar-refractivity contribution in [3.8, 4) is 5.75 Å². The molecule has 1 amide bonds. The molecule has 1 N–H and O–H groups in total. The van der Waals surface area contributed by atoms with Crippen LogP contribution in [0.2, 0.25) is 0 Å². The minimum atomic E-state index is -4.70. The Morgan fingerprint density at radius 3 is 2.21 bits per heavy atom. The van der Waals surface area contributed by atoms with Crippen LogP contribution in [0.4, 0.5) is 11.4 Å². The SMILES string of the molecule is COc1ccc(NC(=O)c2ccccc2[N+](C)(C)S(=O)(=O)[O-])cc1. The van der Waals surface area contributed by atoms with Crippen molar-refractivity contribution in [2.75, 3.05) is 26.5 Å². The number of para-hydroxylation sites is 1. The first-order valence-corrected chi connectivity index (χ1v) is 8.38. The zero-order chi connectivity index (χ0) is 18.0. The summed E-state index contributed by atoms with van der Waals surface area (Å²) in [4.78, 5) is 12.5. The van der Waals surface area contributed by atoms with Gasteiger partial charge in [0, 0.05) is 11.8 Å². The van der Waals surface area contributed by atoms with Crippen molar-refractivity contribution in [2.24, 2.45) is 0 Å². The predicted molar refractivity (Wildman–Crippen MR) is 90.7 cm³/mol. The van der Waals surface area contributed by atoms with Crippen LogP contribution in [0, 0.1) is 0 Å². The fourth-order valence-electron chi connectivity index (χ4n) is 2.13. The lowest BCUT2D eigenvalue weighted by atomic mass is 10.1. The van der Waals surface area contributed by atoms with Crippen molar-refractivity contribution in [2.45, 2.75) is 0 Å². The number of anilines is 1. The van der Waals surface area contributed by atoms with Gasteiger partial charge in [0.15, 0.2) is 5.69 Å². The van der Waals surface area contributed by atoms with Crippen molar-refractivity contribution in [1.82, 2.24) is 3.89 Å². The molecule has 0 fully saturated rings. The normalized spacial score (nSPS) is 11.8. The highest BCUT2D eigenvalue weighted by molar-refractivity contribution is 7.85. The van der Waals surface area contributed by atoms with Crippen LogP contribution >= 0.6 is 0 Å². The van der Waals surface area contributed by atoms with Gasteiger partial charge in [0.25, 0.3) is 16.2 Å². The molecule has 7 nitrogen and oxygen atoms in total. The van der Waals surface area contributed by atoms with E-state index >= 15 is 0 Å². The third-order valence-corrected chi connectivity index (χ3v) is 4.95. The number of ether oxygens (including phenoxy) is 1. The van der Waals surface area contributed by atoms with E-state index in [-0.39, 0.29) is 11.3 Å². The van der Waals surface area contributed by atoms with Crippen molar-refractivity contribution in [3.05, 3.63) is 54.1 Å². The van der Waals surface area contributed by atoms with Crippen LogP contribution in [0.15, 0.2) is 48.5 Å². The zero-order valence-electron chi connectivity index (χ0n) is 13.5. The Kier molecular flexibility index (Phi) is 4.93. The monoisotopic (exact) mass is 350 g/mol. The van der Waals surface area contributed by atoms with E-state index in [1.165, 1.54) is 33.3 Å². The lowest BCUT2D eigenvalue weighted by Gasteiger charge is -2.31. The van der Waals surface area contributed by atoms with Gasteiger partial charge in [-0.15, -0.1) is 0 Å². The van der Waals surface area contributed by atoms with E-state index in [0.717, 1.165) is 0 Å². The third-order valence-electron chi connectivity index (χ3n) is 3.64. The minimum absolute atomic E-state index is 0.0958. The van der Waals surface area contributed by atoms with Gasteiger partial charge in [0.1, 0.15) is 11.3 Å². The van der Waals surface area contributed by atoms with Gasteiger partial charge in [0.2, 0.25) is 0 Å². The molecule has 2 rings (SSSR count). The highest BCUT2D eigenvalue weighted by Crippen LogP contribution is 2.28. The van der Waals surface area contributed by atoms with E-state index in [0.29, 0.717) is 11.4 Å². The van der Waals surface area contributed by atoms with Crippen LogP contribution in [-0.4, -0.2) is 40.1 Å². The molecule has 0 aliphatic rings. The molecule has 0 aliphatic heterocycles. The van der Waals surface area contributed by atoms with Crippen molar-refractivity contribution >= 4 is 27.6 Å². The molecule has 0 atom stereocenters. The number of methoxy groups -OCH3 is 1. The van der Waals surface area contributed by atoms with E-state index in [9.17, 15) is 17.8 Å². The number of rotatable bonds is 5. The lowest BCUT2D eigenvalue weighted by molar-refractivity contribution is 0.102. The first kappa shape index (κ1) is 17.9. The summed E-state index contributed by atoms with van der Waals surface area (Å²) in [5.41, 5.74) is 0.724. The summed E-state index contributed by atoms with van der Waals surface area (Å²) in [5.74, 6) is 0.134. The Morgan fingerprint density at radius 1 is 1.08 bits per heavy atom. The van der Waals surface area contributed by atoms with Gasteiger partial charge in [-0.25, -0.2) is 3.89 Å². The molecule has 24 heavy (non-hydrogen) atoms.